The molecule has 4 nitrogen and oxygen atoms in total. The molecule has 0 bridgehead atoms. The average molecular weight is 416 g/mol. The topological polar surface area (TPSA) is 54.0 Å². The minimum Gasteiger partial charge on any atom is -0.307 e. The van der Waals surface area contributed by atoms with E-state index < -0.39 is 17.8 Å². The lowest BCUT2D eigenvalue weighted by Crippen LogP contribution is -2.21. The molecule has 1 aromatic heterocycles. The van der Waals surface area contributed by atoms with E-state index in [2.05, 4.69) is 31.5 Å². The van der Waals surface area contributed by atoms with E-state index in [4.69, 9.17) is 0 Å². The number of para-hydroxylation sites is 1. The van der Waals surface area contributed by atoms with E-state index in [9.17, 15) is 18.0 Å². The second-order valence-corrected chi connectivity index (χ2v) is 6.70. The molecular formula is C15H9BrF3N3OS. The molecular weight excluding hydrogens is 407 g/mol. The van der Waals surface area contributed by atoms with E-state index in [1.165, 1.54) is 29.5 Å². The van der Waals surface area contributed by atoms with Crippen LogP contribution >= 0.6 is 27.3 Å². The summed E-state index contributed by atoms with van der Waals surface area (Å²) in [6.45, 7) is 0. The molecule has 0 fully saturated rings. The van der Waals surface area contributed by atoms with Gasteiger partial charge in [0.15, 0.2) is 5.13 Å². The van der Waals surface area contributed by atoms with Crippen LogP contribution in [-0.4, -0.2) is 11.0 Å². The Hall–Kier alpha value is -2.13. The van der Waals surface area contributed by atoms with Crippen molar-refractivity contribution in [2.75, 3.05) is 10.6 Å². The second kappa shape index (κ2) is 6.40. The number of nitrogens with one attached hydrogen (secondary N) is 2. The number of benzene rings is 2. The maximum Gasteiger partial charge on any atom is 0.418 e. The minimum absolute atomic E-state index is 0.296. The summed E-state index contributed by atoms with van der Waals surface area (Å²) in [7, 11) is 0. The van der Waals surface area contributed by atoms with Crippen LogP contribution in [0.3, 0.4) is 0 Å². The number of halogens is 4. The third kappa shape index (κ3) is 3.68. The first kappa shape index (κ1) is 16.7. The van der Waals surface area contributed by atoms with Crippen molar-refractivity contribution in [3.63, 3.8) is 0 Å². The predicted octanol–water partition coefficient (Wildman–Crippen LogP) is 5.72. The van der Waals surface area contributed by atoms with Crippen molar-refractivity contribution in [1.82, 2.24) is 4.98 Å². The van der Waals surface area contributed by atoms with Gasteiger partial charge in [0.05, 0.1) is 21.5 Å². The zero-order chi connectivity index (χ0) is 17.3. The molecule has 0 aliphatic rings. The minimum atomic E-state index is -4.55. The summed E-state index contributed by atoms with van der Waals surface area (Å²) in [5.74, 6) is 0. The molecule has 124 valence electrons. The lowest BCUT2D eigenvalue weighted by Gasteiger charge is -2.13. The van der Waals surface area contributed by atoms with Crippen molar-refractivity contribution >= 4 is 54.3 Å². The summed E-state index contributed by atoms with van der Waals surface area (Å²) in [4.78, 5) is 16.2. The Morgan fingerprint density at radius 2 is 1.88 bits per heavy atom. The van der Waals surface area contributed by atoms with Crippen LogP contribution in [0.4, 0.5) is 28.8 Å². The van der Waals surface area contributed by atoms with Crippen LogP contribution < -0.4 is 10.6 Å². The lowest BCUT2D eigenvalue weighted by molar-refractivity contribution is -0.136. The van der Waals surface area contributed by atoms with E-state index >= 15 is 0 Å². The number of nitrogens with zero attached hydrogens (tertiary/aromatic N) is 1. The largest absolute Gasteiger partial charge is 0.418 e. The van der Waals surface area contributed by atoms with Crippen LogP contribution in [0.15, 0.2) is 46.9 Å². The molecule has 2 aromatic carbocycles. The molecule has 0 atom stereocenters. The number of hydrogen-bond acceptors (Lipinski definition) is 3. The number of fused-ring (bicyclic) bond motifs is 1. The van der Waals surface area contributed by atoms with Gasteiger partial charge in [-0.1, -0.05) is 39.4 Å². The van der Waals surface area contributed by atoms with Crippen LogP contribution in [0.2, 0.25) is 0 Å². The maximum absolute atomic E-state index is 12.9. The standard InChI is InChI=1S/C15H9BrF3N3OS/c16-8-5-6-11-12(7-8)24-14(21-11)22-13(23)20-10-4-2-1-3-9(10)15(17,18)19/h1-7H,(H2,20,21,22,23). The van der Waals surface area contributed by atoms with Crippen LogP contribution in [0.1, 0.15) is 5.56 Å². The molecule has 0 saturated carbocycles. The number of thiazole rings is 1. The molecule has 9 heteroatoms. The number of urea groups is 1. The summed E-state index contributed by atoms with van der Waals surface area (Å²) >= 11 is 4.56. The third-order valence-corrected chi connectivity index (χ3v) is 4.48. The molecule has 0 radical (unpaired) electrons. The van der Waals surface area contributed by atoms with Crippen molar-refractivity contribution in [3.8, 4) is 0 Å². The van der Waals surface area contributed by atoms with Gasteiger partial charge in [0, 0.05) is 4.47 Å². The molecule has 0 saturated heterocycles. The Morgan fingerprint density at radius 3 is 2.62 bits per heavy atom. The van der Waals surface area contributed by atoms with Gasteiger partial charge in [-0.25, -0.2) is 9.78 Å². The van der Waals surface area contributed by atoms with Crippen molar-refractivity contribution < 1.29 is 18.0 Å². The highest BCUT2D eigenvalue weighted by Crippen LogP contribution is 2.34. The molecule has 3 rings (SSSR count). The highest BCUT2D eigenvalue weighted by molar-refractivity contribution is 9.10. The van der Waals surface area contributed by atoms with Crippen molar-refractivity contribution in [1.29, 1.82) is 0 Å². The number of carbonyl (C=O) groups is 1. The second-order valence-electron chi connectivity index (χ2n) is 4.75. The Kier molecular flexibility index (Phi) is 4.46. The zero-order valence-electron chi connectivity index (χ0n) is 11.8. The SMILES string of the molecule is O=C(Nc1nc2ccc(Br)cc2s1)Nc1ccccc1C(F)(F)F. The van der Waals surface area contributed by atoms with Crippen LogP contribution in [0, 0.1) is 0 Å². The number of rotatable bonds is 2. The molecule has 3 aromatic rings. The van der Waals surface area contributed by atoms with Gasteiger partial charge in [-0.05, 0) is 30.3 Å². The van der Waals surface area contributed by atoms with Gasteiger partial charge in [0.1, 0.15) is 0 Å². The monoisotopic (exact) mass is 415 g/mol. The fourth-order valence-electron chi connectivity index (χ4n) is 2.04. The number of amides is 2. The van der Waals surface area contributed by atoms with E-state index in [-0.39, 0.29) is 5.69 Å². The molecule has 2 amide bonds. The highest BCUT2D eigenvalue weighted by atomic mass is 79.9. The first-order chi connectivity index (χ1) is 11.3. The Labute approximate surface area is 146 Å². The maximum atomic E-state index is 12.9. The fraction of sp³-hybridized carbons (Fsp3) is 0.0667. The van der Waals surface area contributed by atoms with Crippen molar-refractivity contribution in [3.05, 3.63) is 52.5 Å². The summed E-state index contributed by atoms with van der Waals surface area (Å²) in [6.07, 6.45) is -4.55. The summed E-state index contributed by atoms with van der Waals surface area (Å²) in [5, 5.41) is 4.96. The lowest BCUT2D eigenvalue weighted by atomic mass is 10.1. The van der Waals surface area contributed by atoms with Gasteiger partial charge in [-0.2, -0.15) is 13.2 Å². The molecule has 0 spiro atoms. The van der Waals surface area contributed by atoms with Crippen molar-refractivity contribution in [2.24, 2.45) is 0 Å². The number of anilines is 2. The summed E-state index contributed by atoms with van der Waals surface area (Å²) in [6, 6.07) is 9.42. The van der Waals surface area contributed by atoms with Crippen LogP contribution in [0.5, 0.6) is 0 Å². The number of hydrogen-bond donors (Lipinski definition) is 2. The van der Waals surface area contributed by atoms with Gasteiger partial charge in [-0.3, -0.25) is 5.32 Å². The molecule has 2 N–H and O–H groups in total. The van der Waals surface area contributed by atoms with E-state index in [1.807, 2.05) is 12.1 Å². The first-order valence-corrected chi connectivity index (χ1v) is 8.24. The van der Waals surface area contributed by atoms with Gasteiger partial charge >= 0.3 is 12.2 Å². The zero-order valence-corrected chi connectivity index (χ0v) is 14.2. The molecule has 0 aliphatic carbocycles. The van der Waals surface area contributed by atoms with Gasteiger partial charge < -0.3 is 5.32 Å². The quantitative estimate of drug-likeness (QED) is 0.562. The van der Waals surface area contributed by atoms with Crippen LogP contribution in [-0.2, 0) is 6.18 Å². The predicted molar refractivity (Wildman–Crippen MR) is 91.4 cm³/mol. The first-order valence-electron chi connectivity index (χ1n) is 6.63. The average Bonchev–Trinajstić information content (AvgIpc) is 2.87. The molecule has 1 heterocycles. The van der Waals surface area contributed by atoms with Gasteiger partial charge in [0.25, 0.3) is 0 Å². The number of alkyl halides is 3. The van der Waals surface area contributed by atoms with E-state index in [0.29, 0.717) is 10.6 Å². The fourth-order valence-corrected chi connectivity index (χ4v) is 3.45. The highest BCUT2D eigenvalue weighted by Gasteiger charge is 2.33. The van der Waals surface area contributed by atoms with Gasteiger partial charge in [-0.15, -0.1) is 0 Å². The Morgan fingerprint density at radius 1 is 1.12 bits per heavy atom. The van der Waals surface area contributed by atoms with Crippen LogP contribution in [0.25, 0.3) is 10.2 Å². The summed E-state index contributed by atoms with van der Waals surface area (Å²) < 4.78 is 40.5. The Balaban J connectivity index is 1.78. The molecule has 24 heavy (non-hydrogen) atoms. The van der Waals surface area contributed by atoms with E-state index in [1.54, 1.807) is 6.07 Å². The molecule has 0 aliphatic heterocycles. The summed E-state index contributed by atoms with van der Waals surface area (Å²) in [5.41, 5.74) is -0.533. The normalized spacial score (nSPS) is 11.5. The van der Waals surface area contributed by atoms with Crippen molar-refractivity contribution in [2.45, 2.75) is 6.18 Å². The third-order valence-electron chi connectivity index (χ3n) is 3.05. The Bertz CT molecular complexity index is 910. The van der Waals surface area contributed by atoms with Gasteiger partial charge in [0.2, 0.25) is 0 Å². The molecule has 0 unspecified atom stereocenters. The smallest absolute Gasteiger partial charge is 0.307 e. The number of aromatic nitrogens is 1. The number of carbonyl (C=O) groups excluding carboxylic acids is 1. The van der Waals surface area contributed by atoms with E-state index in [0.717, 1.165) is 15.2 Å².